The van der Waals surface area contributed by atoms with Crippen LogP contribution in [0.2, 0.25) is 0 Å². The Morgan fingerprint density at radius 2 is 1.63 bits per heavy atom. The van der Waals surface area contributed by atoms with Crippen molar-refractivity contribution in [1.29, 1.82) is 0 Å². The van der Waals surface area contributed by atoms with E-state index in [0.717, 1.165) is 51.6 Å². The van der Waals surface area contributed by atoms with Crippen LogP contribution in [0.5, 0.6) is 0 Å². The van der Waals surface area contributed by atoms with Crippen molar-refractivity contribution in [1.82, 2.24) is 9.80 Å². The van der Waals surface area contributed by atoms with Crippen molar-refractivity contribution in [2.45, 2.75) is 50.1 Å². The van der Waals surface area contributed by atoms with Gasteiger partial charge in [-0.05, 0) is 39.8 Å². The van der Waals surface area contributed by atoms with E-state index in [0.29, 0.717) is 6.04 Å². The number of piperidine rings is 1. The van der Waals surface area contributed by atoms with Gasteiger partial charge < -0.3 is 15.5 Å². The van der Waals surface area contributed by atoms with Crippen LogP contribution < -0.4 is 5.73 Å². The van der Waals surface area contributed by atoms with Crippen molar-refractivity contribution < 1.29 is 4.79 Å². The number of carbonyl (C=O) groups excluding carboxylic acids is 1. The molecular weight excluding hydrogens is 285 g/mol. The lowest BCUT2D eigenvalue weighted by atomic mass is 9.95. The van der Waals surface area contributed by atoms with Crippen LogP contribution >= 0.6 is 24.8 Å². The Balaban J connectivity index is 0.00000162. The van der Waals surface area contributed by atoms with E-state index in [4.69, 9.17) is 5.73 Å². The summed E-state index contributed by atoms with van der Waals surface area (Å²) in [6, 6.07) is 0.622. The molecule has 0 bridgehead atoms. The normalized spacial score (nSPS) is 22.8. The Kier molecular flexibility index (Phi) is 7.66. The Bertz CT molecular complexity index is 286. The first-order chi connectivity index (χ1) is 8.03. The van der Waals surface area contributed by atoms with Crippen LogP contribution in [0.25, 0.3) is 0 Å². The molecule has 114 valence electrons. The highest BCUT2D eigenvalue weighted by Crippen LogP contribution is 2.30. The minimum Gasteiger partial charge on any atom is -0.341 e. The molecule has 0 unspecified atom stereocenters. The first-order valence-corrected chi connectivity index (χ1v) is 6.78. The Morgan fingerprint density at radius 1 is 1.16 bits per heavy atom. The van der Waals surface area contributed by atoms with Crippen molar-refractivity contribution in [3.05, 3.63) is 0 Å². The van der Waals surface area contributed by atoms with E-state index in [1.807, 2.05) is 4.90 Å². The van der Waals surface area contributed by atoms with Crippen molar-refractivity contribution in [2.24, 2.45) is 5.73 Å². The SMILES string of the molecule is CN(C)C1CCN(C(=O)C2(N)CCCC2)CC1.Cl.Cl. The third-order valence-corrected chi connectivity index (χ3v) is 4.40. The molecule has 6 heteroatoms. The average Bonchev–Trinajstić information content (AvgIpc) is 2.76. The molecule has 2 N–H and O–H groups in total. The summed E-state index contributed by atoms with van der Waals surface area (Å²) in [6.07, 6.45) is 6.12. The highest BCUT2D eigenvalue weighted by molar-refractivity contribution is 5.86. The lowest BCUT2D eigenvalue weighted by molar-refractivity contribution is -0.138. The highest BCUT2D eigenvalue weighted by atomic mass is 35.5. The summed E-state index contributed by atoms with van der Waals surface area (Å²) < 4.78 is 0. The molecule has 0 aromatic rings. The maximum atomic E-state index is 12.4. The second-order valence-corrected chi connectivity index (χ2v) is 5.85. The number of carbonyl (C=O) groups is 1. The standard InChI is InChI=1S/C13H25N3O.2ClH/c1-15(2)11-5-9-16(10-6-11)12(17)13(14)7-3-4-8-13;;/h11H,3-10,14H2,1-2H3;2*1H. The predicted octanol–water partition coefficient (Wildman–Crippen LogP) is 1.65. The monoisotopic (exact) mass is 311 g/mol. The number of rotatable bonds is 2. The Labute approximate surface area is 128 Å². The van der Waals surface area contributed by atoms with Gasteiger partial charge in [-0.3, -0.25) is 4.79 Å². The van der Waals surface area contributed by atoms with Crippen LogP contribution in [0.1, 0.15) is 38.5 Å². The van der Waals surface area contributed by atoms with Crippen LogP contribution in [0.4, 0.5) is 0 Å². The third-order valence-electron chi connectivity index (χ3n) is 4.40. The Hall–Kier alpha value is -0.0300. The summed E-state index contributed by atoms with van der Waals surface area (Å²) in [4.78, 5) is 16.6. The molecule has 0 atom stereocenters. The lowest BCUT2D eigenvalue weighted by Crippen LogP contribution is -2.56. The van der Waals surface area contributed by atoms with E-state index >= 15 is 0 Å². The fraction of sp³-hybridized carbons (Fsp3) is 0.923. The summed E-state index contributed by atoms with van der Waals surface area (Å²) in [5.74, 6) is 0.201. The van der Waals surface area contributed by atoms with Gasteiger partial charge in [0.05, 0.1) is 5.54 Å². The topological polar surface area (TPSA) is 49.6 Å². The van der Waals surface area contributed by atoms with Crippen LogP contribution in [0, 0.1) is 0 Å². The smallest absolute Gasteiger partial charge is 0.242 e. The summed E-state index contributed by atoms with van der Waals surface area (Å²) in [5, 5.41) is 0. The molecule has 2 aliphatic rings. The molecule has 19 heavy (non-hydrogen) atoms. The van der Waals surface area contributed by atoms with Crippen LogP contribution in [-0.4, -0.2) is 54.5 Å². The maximum Gasteiger partial charge on any atom is 0.242 e. The molecule has 0 aromatic heterocycles. The van der Waals surface area contributed by atoms with E-state index in [9.17, 15) is 4.79 Å². The number of nitrogens with zero attached hydrogens (tertiary/aromatic N) is 2. The minimum absolute atomic E-state index is 0. The van der Waals surface area contributed by atoms with E-state index < -0.39 is 5.54 Å². The summed E-state index contributed by atoms with van der Waals surface area (Å²) >= 11 is 0. The lowest BCUT2D eigenvalue weighted by Gasteiger charge is -2.38. The zero-order chi connectivity index (χ0) is 12.5. The molecule has 1 saturated heterocycles. The molecule has 0 radical (unpaired) electrons. The van der Waals surface area contributed by atoms with Gasteiger partial charge in [-0.2, -0.15) is 0 Å². The van der Waals surface area contributed by atoms with Gasteiger partial charge in [-0.1, -0.05) is 12.8 Å². The van der Waals surface area contributed by atoms with E-state index in [2.05, 4.69) is 19.0 Å². The zero-order valence-corrected chi connectivity index (χ0v) is 13.6. The van der Waals surface area contributed by atoms with Crippen molar-refractivity contribution in [2.75, 3.05) is 27.2 Å². The molecule has 1 aliphatic heterocycles. The van der Waals surface area contributed by atoms with E-state index in [1.165, 1.54) is 0 Å². The van der Waals surface area contributed by atoms with Crippen LogP contribution in [0.15, 0.2) is 0 Å². The van der Waals surface area contributed by atoms with Gasteiger partial charge in [0.2, 0.25) is 5.91 Å². The Morgan fingerprint density at radius 3 is 2.05 bits per heavy atom. The highest BCUT2D eigenvalue weighted by Gasteiger charge is 2.40. The number of nitrogens with two attached hydrogens (primary N) is 1. The summed E-state index contributed by atoms with van der Waals surface area (Å²) in [6.45, 7) is 1.75. The molecule has 4 nitrogen and oxygen atoms in total. The first kappa shape index (κ1) is 19.0. The molecule has 1 amide bonds. The number of likely N-dealkylation sites (tertiary alicyclic amines) is 1. The predicted molar refractivity (Wildman–Crippen MR) is 83.2 cm³/mol. The quantitative estimate of drug-likeness (QED) is 0.843. The fourth-order valence-electron chi connectivity index (χ4n) is 3.12. The van der Waals surface area contributed by atoms with Gasteiger partial charge in [0.1, 0.15) is 0 Å². The van der Waals surface area contributed by atoms with Crippen molar-refractivity contribution >= 4 is 30.7 Å². The molecule has 1 heterocycles. The van der Waals surface area contributed by atoms with E-state index in [-0.39, 0.29) is 30.7 Å². The van der Waals surface area contributed by atoms with Gasteiger partial charge in [0, 0.05) is 19.1 Å². The maximum absolute atomic E-state index is 12.4. The second-order valence-electron chi connectivity index (χ2n) is 5.85. The third kappa shape index (κ3) is 4.22. The number of amides is 1. The molecule has 2 rings (SSSR count). The van der Waals surface area contributed by atoms with Crippen molar-refractivity contribution in [3.63, 3.8) is 0 Å². The average molecular weight is 312 g/mol. The number of halogens is 2. The van der Waals surface area contributed by atoms with Crippen LogP contribution in [-0.2, 0) is 4.79 Å². The van der Waals surface area contributed by atoms with Gasteiger partial charge in [0.15, 0.2) is 0 Å². The first-order valence-electron chi connectivity index (χ1n) is 6.78. The van der Waals surface area contributed by atoms with Gasteiger partial charge in [-0.15, -0.1) is 24.8 Å². The molecule has 0 aromatic carbocycles. The van der Waals surface area contributed by atoms with Gasteiger partial charge in [0.25, 0.3) is 0 Å². The fourth-order valence-corrected chi connectivity index (χ4v) is 3.12. The largest absolute Gasteiger partial charge is 0.341 e. The molecule has 2 fully saturated rings. The molecule has 0 spiro atoms. The zero-order valence-electron chi connectivity index (χ0n) is 11.9. The number of hydrogen-bond acceptors (Lipinski definition) is 3. The van der Waals surface area contributed by atoms with Crippen molar-refractivity contribution in [3.8, 4) is 0 Å². The molecular formula is C13H27Cl2N3O. The summed E-state index contributed by atoms with van der Waals surface area (Å²) in [7, 11) is 4.23. The molecule has 1 saturated carbocycles. The van der Waals surface area contributed by atoms with Gasteiger partial charge in [-0.25, -0.2) is 0 Å². The summed E-state index contributed by atoms with van der Waals surface area (Å²) in [5.41, 5.74) is 5.69. The minimum atomic E-state index is -0.537. The van der Waals surface area contributed by atoms with Crippen LogP contribution in [0.3, 0.4) is 0 Å². The van der Waals surface area contributed by atoms with Gasteiger partial charge >= 0.3 is 0 Å². The van der Waals surface area contributed by atoms with E-state index in [1.54, 1.807) is 0 Å². The number of hydrogen-bond donors (Lipinski definition) is 1. The second kappa shape index (κ2) is 7.67. The molecule has 1 aliphatic carbocycles.